The first-order valence-electron chi connectivity index (χ1n) is 11.6. The van der Waals surface area contributed by atoms with Crippen molar-refractivity contribution in [3.63, 3.8) is 0 Å². The summed E-state index contributed by atoms with van der Waals surface area (Å²) in [5.41, 5.74) is 3.28. The summed E-state index contributed by atoms with van der Waals surface area (Å²) >= 11 is 0. The van der Waals surface area contributed by atoms with Crippen LogP contribution in [-0.4, -0.2) is 23.1 Å². The summed E-state index contributed by atoms with van der Waals surface area (Å²) in [5.74, 6) is -0.802. The van der Waals surface area contributed by atoms with Gasteiger partial charge in [-0.25, -0.2) is 0 Å². The molecule has 0 heterocycles. The summed E-state index contributed by atoms with van der Waals surface area (Å²) in [7, 11) is 0. The van der Waals surface area contributed by atoms with E-state index in [9.17, 15) is 19.2 Å². The first-order valence-corrected chi connectivity index (χ1v) is 11.6. The second-order valence-corrected chi connectivity index (χ2v) is 9.06. The molecule has 0 N–H and O–H groups in total. The predicted octanol–water partition coefficient (Wildman–Crippen LogP) is 6.23. The molecule has 168 valence electrons. The topological polar surface area (TPSA) is 68.3 Å². The molecule has 0 saturated carbocycles. The third-order valence-electron chi connectivity index (χ3n) is 7.16. The van der Waals surface area contributed by atoms with Crippen molar-refractivity contribution in [2.24, 2.45) is 0 Å². The normalized spacial score (nSPS) is 14.5. The minimum atomic E-state index is -0.216. The molecule has 0 unspecified atom stereocenters. The Bertz CT molecular complexity index is 1910. The number of ketones is 4. The molecular formula is C32H16O4. The van der Waals surface area contributed by atoms with Gasteiger partial charge in [-0.3, -0.25) is 19.2 Å². The Morgan fingerprint density at radius 2 is 1.03 bits per heavy atom. The van der Waals surface area contributed by atoms with Gasteiger partial charge in [0.25, 0.3) is 0 Å². The molecule has 0 fully saturated rings. The van der Waals surface area contributed by atoms with Gasteiger partial charge >= 0.3 is 0 Å². The number of rotatable bonds is 1. The summed E-state index contributed by atoms with van der Waals surface area (Å²) in [6, 6.07) is 26.5. The quantitative estimate of drug-likeness (QED) is 0.271. The Labute approximate surface area is 205 Å². The van der Waals surface area contributed by atoms with Gasteiger partial charge in [-0.05, 0) is 39.9 Å². The Morgan fingerprint density at radius 1 is 0.444 bits per heavy atom. The van der Waals surface area contributed by atoms with E-state index in [1.807, 2.05) is 36.4 Å². The second kappa shape index (κ2) is 7.27. The minimum absolute atomic E-state index is 0.178. The lowest BCUT2D eigenvalue weighted by Gasteiger charge is -2.22. The van der Waals surface area contributed by atoms with Gasteiger partial charge in [0.15, 0.2) is 23.1 Å². The molecule has 0 amide bonds. The molecule has 0 spiro atoms. The van der Waals surface area contributed by atoms with E-state index >= 15 is 0 Å². The smallest absolute Gasteiger partial charge is 0.195 e. The lowest BCUT2D eigenvalue weighted by Crippen LogP contribution is -2.21. The molecule has 2 aliphatic carbocycles. The summed E-state index contributed by atoms with van der Waals surface area (Å²) in [6.07, 6.45) is 1.40. The number of hydrogen-bond acceptors (Lipinski definition) is 4. The van der Waals surface area contributed by atoms with Crippen LogP contribution in [0.15, 0.2) is 97.1 Å². The maximum Gasteiger partial charge on any atom is 0.195 e. The van der Waals surface area contributed by atoms with E-state index < -0.39 is 0 Å². The van der Waals surface area contributed by atoms with Crippen molar-refractivity contribution in [3.05, 3.63) is 136 Å². The monoisotopic (exact) mass is 464 g/mol. The molecule has 36 heavy (non-hydrogen) atoms. The number of benzene rings is 5. The highest BCUT2D eigenvalue weighted by Gasteiger charge is 2.33. The highest BCUT2D eigenvalue weighted by Crippen LogP contribution is 2.40. The van der Waals surface area contributed by atoms with Crippen LogP contribution >= 0.6 is 0 Å². The number of carbonyl (C=O) groups excluding carboxylic acids is 4. The van der Waals surface area contributed by atoms with Crippen LogP contribution < -0.4 is 0 Å². The fourth-order valence-electron chi connectivity index (χ4n) is 5.52. The van der Waals surface area contributed by atoms with Crippen LogP contribution in [-0.2, 0) is 0 Å². The number of Topliss-reactive ketones (excluding diaryl/α,β-unsaturated/α-hetero) is 1. The fraction of sp³-hybridized carbons (Fsp3) is 0. The van der Waals surface area contributed by atoms with Crippen LogP contribution in [0.5, 0.6) is 0 Å². The lowest BCUT2D eigenvalue weighted by molar-refractivity contribution is 0.0980. The second-order valence-electron chi connectivity index (χ2n) is 9.06. The van der Waals surface area contributed by atoms with Crippen molar-refractivity contribution in [3.8, 4) is 0 Å². The first-order chi connectivity index (χ1) is 17.5. The van der Waals surface area contributed by atoms with Crippen LogP contribution in [0.25, 0.3) is 27.1 Å². The van der Waals surface area contributed by atoms with E-state index in [1.54, 1.807) is 54.6 Å². The van der Waals surface area contributed by atoms with Crippen molar-refractivity contribution in [2.45, 2.75) is 0 Å². The molecule has 0 radical (unpaired) electrons. The Hall–Kier alpha value is -4.96. The maximum atomic E-state index is 13.7. The van der Waals surface area contributed by atoms with Gasteiger partial charge in [-0.2, -0.15) is 0 Å². The Balaban J connectivity index is 1.55. The summed E-state index contributed by atoms with van der Waals surface area (Å²) in [6.45, 7) is 0. The molecule has 4 heteroatoms. The minimum Gasteiger partial charge on any atom is -0.289 e. The predicted molar refractivity (Wildman–Crippen MR) is 138 cm³/mol. The van der Waals surface area contributed by atoms with Crippen molar-refractivity contribution < 1.29 is 19.2 Å². The third kappa shape index (κ3) is 2.64. The molecular weight excluding hydrogens is 448 g/mol. The van der Waals surface area contributed by atoms with Gasteiger partial charge < -0.3 is 0 Å². The van der Waals surface area contributed by atoms with Crippen LogP contribution in [0.4, 0.5) is 0 Å². The highest BCUT2D eigenvalue weighted by molar-refractivity contribution is 6.41. The molecule has 7 rings (SSSR count). The van der Waals surface area contributed by atoms with Crippen LogP contribution in [0.2, 0.25) is 0 Å². The van der Waals surface area contributed by atoms with Crippen molar-refractivity contribution in [2.75, 3.05) is 0 Å². The van der Waals surface area contributed by atoms with Crippen molar-refractivity contribution in [1.29, 1.82) is 0 Å². The highest BCUT2D eigenvalue weighted by atomic mass is 16.1. The Kier molecular flexibility index (Phi) is 4.12. The molecule has 0 saturated heterocycles. The average molecular weight is 464 g/mol. The van der Waals surface area contributed by atoms with Crippen LogP contribution in [0.1, 0.15) is 58.1 Å². The molecule has 4 nitrogen and oxygen atoms in total. The van der Waals surface area contributed by atoms with Gasteiger partial charge in [0.1, 0.15) is 0 Å². The van der Waals surface area contributed by atoms with E-state index in [0.29, 0.717) is 49.9 Å². The van der Waals surface area contributed by atoms with E-state index in [-0.39, 0.29) is 23.1 Å². The molecule has 2 aliphatic rings. The number of carbonyl (C=O) groups is 4. The zero-order chi connectivity index (χ0) is 24.6. The van der Waals surface area contributed by atoms with Crippen LogP contribution in [0, 0.1) is 0 Å². The average Bonchev–Trinajstić information content (AvgIpc) is 2.92. The molecule has 5 aromatic carbocycles. The fourth-order valence-corrected chi connectivity index (χ4v) is 5.52. The largest absolute Gasteiger partial charge is 0.289 e. The van der Waals surface area contributed by atoms with Gasteiger partial charge in [0.2, 0.25) is 0 Å². The summed E-state index contributed by atoms with van der Waals surface area (Å²) in [4.78, 5) is 53.3. The first kappa shape index (κ1) is 20.4. The van der Waals surface area contributed by atoms with E-state index in [1.165, 1.54) is 6.08 Å². The molecule has 0 aliphatic heterocycles. The molecule has 0 bridgehead atoms. The number of fused-ring (bicyclic) bond motifs is 7. The standard InChI is InChI=1S/C32H16O4/c33-27-16-26(31(35)21-10-4-2-8-19(21)27)25-15-17-13-14-24-29(28(17)20-9-3-1-7-18(20)25)32(36)23-12-6-5-11-22(23)30(24)34/h1-16H. The van der Waals surface area contributed by atoms with Gasteiger partial charge in [0, 0.05) is 44.3 Å². The number of allylic oxidation sites excluding steroid dienone is 2. The maximum absolute atomic E-state index is 13.7. The van der Waals surface area contributed by atoms with Gasteiger partial charge in [-0.15, -0.1) is 0 Å². The summed E-state index contributed by atoms with van der Waals surface area (Å²) < 4.78 is 0. The van der Waals surface area contributed by atoms with E-state index in [0.717, 1.165) is 16.2 Å². The van der Waals surface area contributed by atoms with Crippen molar-refractivity contribution >= 4 is 50.3 Å². The third-order valence-corrected chi connectivity index (χ3v) is 7.16. The van der Waals surface area contributed by atoms with E-state index in [2.05, 4.69) is 0 Å². The molecule has 0 aromatic heterocycles. The van der Waals surface area contributed by atoms with Gasteiger partial charge in [-0.1, -0.05) is 78.9 Å². The van der Waals surface area contributed by atoms with Crippen molar-refractivity contribution in [1.82, 2.24) is 0 Å². The lowest BCUT2D eigenvalue weighted by atomic mass is 9.79. The Morgan fingerprint density at radius 3 is 1.75 bits per heavy atom. The zero-order valence-corrected chi connectivity index (χ0v) is 18.9. The summed E-state index contributed by atoms with van der Waals surface area (Å²) in [5, 5.41) is 2.89. The molecule has 0 atom stereocenters. The zero-order valence-electron chi connectivity index (χ0n) is 18.9. The SMILES string of the molecule is O=C1C=C(c2cc3ccc4c(c3c3ccccc23)C(=O)c2ccccc2C4=O)C(=O)c2ccccc21. The van der Waals surface area contributed by atoms with E-state index in [4.69, 9.17) is 0 Å². The van der Waals surface area contributed by atoms with Gasteiger partial charge in [0.05, 0.1) is 0 Å². The molecule has 5 aromatic rings. The van der Waals surface area contributed by atoms with Crippen LogP contribution in [0.3, 0.4) is 0 Å². The number of hydrogen-bond donors (Lipinski definition) is 0.